The highest BCUT2D eigenvalue weighted by Crippen LogP contribution is 2.34. The summed E-state index contributed by atoms with van der Waals surface area (Å²) in [5.41, 5.74) is 8.15. The zero-order valence-electron chi connectivity index (χ0n) is 13.0. The Bertz CT molecular complexity index is 614. The van der Waals surface area contributed by atoms with Crippen molar-refractivity contribution in [3.05, 3.63) is 55.9 Å². The van der Waals surface area contributed by atoms with Crippen LogP contribution in [0.2, 0.25) is 0 Å². The molecule has 1 heterocycles. The second-order valence-electron chi connectivity index (χ2n) is 5.40. The van der Waals surface area contributed by atoms with Crippen LogP contribution in [0.5, 0.6) is 0 Å². The van der Waals surface area contributed by atoms with E-state index in [0.29, 0.717) is 0 Å². The molecule has 0 aliphatic heterocycles. The van der Waals surface area contributed by atoms with Gasteiger partial charge >= 0.3 is 0 Å². The minimum absolute atomic E-state index is 0.0827. The van der Waals surface area contributed by atoms with Gasteiger partial charge in [-0.15, -0.1) is 0 Å². The Labute approximate surface area is 129 Å². The third-order valence-electron chi connectivity index (χ3n) is 4.51. The molecule has 1 aromatic heterocycles. The minimum atomic E-state index is 0.0827. The summed E-state index contributed by atoms with van der Waals surface area (Å²) < 4.78 is 6.53. The molecule has 0 radical (unpaired) electrons. The van der Waals surface area contributed by atoms with Gasteiger partial charge in [0.1, 0.15) is 5.76 Å². The Morgan fingerprint density at radius 2 is 1.40 bits per heavy atom. The molecule has 0 amide bonds. The molecule has 2 nitrogen and oxygen atoms in total. The van der Waals surface area contributed by atoms with E-state index in [1.165, 1.54) is 33.4 Å². The maximum absolute atomic E-state index is 5.77. The lowest BCUT2D eigenvalue weighted by molar-refractivity contribution is 0.445. The van der Waals surface area contributed by atoms with Crippen LogP contribution >= 0.6 is 15.9 Å². The number of halogens is 1. The van der Waals surface area contributed by atoms with Crippen molar-refractivity contribution in [3.8, 4) is 0 Å². The van der Waals surface area contributed by atoms with E-state index in [-0.39, 0.29) is 6.04 Å². The second kappa shape index (κ2) is 5.74. The number of furan rings is 1. The van der Waals surface area contributed by atoms with Gasteiger partial charge < -0.3 is 9.73 Å². The summed E-state index contributed by atoms with van der Waals surface area (Å²) in [4.78, 5) is 0. The van der Waals surface area contributed by atoms with Gasteiger partial charge in [0.25, 0.3) is 0 Å². The molecule has 1 unspecified atom stereocenters. The summed E-state index contributed by atoms with van der Waals surface area (Å²) in [6.45, 7) is 11.0. The van der Waals surface area contributed by atoms with Gasteiger partial charge in [-0.3, -0.25) is 0 Å². The van der Waals surface area contributed by atoms with E-state index in [0.717, 1.165) is 10.4 Å². The molecule has 0 saturated carbocycles. The van der Waals surface area contributed by atoms with Gasteiger partial charge in [0, 0.05) is 0 Å². The van der Waals surface area contributed by atoms with Crippen molar-refractivity contribution in [2.45, 2.75) is 40.7 Å². The predicted molar refractivity (Wildman–Crippen MR) is 87.4 cm³/mol. The van der Waals surface area contributed by atoms with Crippen LogP contribution in [-0.2, 0) is 0 Å². The topological polar surface area (TPSA) is 25.2 Å². The predicted octanol–water partition coefficient (Wildman–Crippen LogP) is 4.89. The first-order valence-electron chi connectivity index (χ1n) is 6.87. The molecule has 20 heavy (non-hydrogen) atoms. The van der Waals surface area contributed by atoms with Crippen molar-refractivity contribution in [2.75, 3.05) is 7.05 Å². The largest absolute Gasteiger partial charge is 0.452 e. The molecule has 2 rings (SSSR count). The van der Waals surface area contributed by atoms with Gasteiger partial charge in [0.05, 0.1) is 6.04 Å². The lowest BCUT2D eigenvalue weighted by Crippen LogP contribution is -2.20. The number of rotatable bonds is 3. The summed E-state index contributed by atoms with van der Waals surface area (Å²) in [7, 11) is 1.98. The van der Waals surface area contributed by atoms with E-state index in [1.54, 1.807) is 0 Å². The lowest BCUT2D eigenvalue weighted by atomic mass is 9.85. The maximum Gasteiger partial charge on any atom is 0.169 e. The molecule has 2 aromatic rings. The lowest BCUT2D eigenvalue weighted by Gasteiger charge is -2.24. The summed E-state index contributed by atoms with van der Waals surface area (Å²) >= 11 is 3.39. The Kier molecular flexibility index (Phi) is 4.40. The Hall–Kier alpha value is -1.06. The summed E-state index contributed by atoms with van der Waals surface area (Å²) in [6.07, 6.45) is 0. The first-order valence-corrected chi connectivity index (χ1v) is 7.67. The SMILES string of the molecule is CNC(c1ccc(Br)o1)c1c(C)c(C)c(C)c(C)c1C. The van der Waals surface area contributed by atoms with Crippen LogP contribution in [0, 0.1) is 34.6 Å². The Balaban J connectivity index is 2.67. The summed E-state index contributed by atoms with van der Waals surface area (Å²) in [5, 5.41) is 3.39. The van der Waals surface area contributed by atoms with Crippen molar-refractivity contribution in [1.82, 2.24) is 5.32 Å². The van der Waals surface area contributed by atoms with E-state index in [9.17, 15) is 0 Å². The molecule has 0 fully saturated rings. The highest BCUT2D eigenvalue weighted by atomic mass is 79.9. The van der Waals surface area contributed by atoms with Gasteiger partial charge in [-0.05, 0) is 103 Å². The molecule has 0 spiro atoms. The summed E-state index contributed by atoms with van der Waals surface area (Å²) in [6, 6.07) is 4.05. The molecule has 0 aliphatic carbocycles. The molecular weight excluding hydrogens is 314 g/mol. The smallest absolute Gasteiger partial charge is 0.169 e. The van der Waals surface area contributed by atoms with Crippen LogP contribution in [0.4, 0.5) is 0 Å². The molecule has 0 saturated heterocycles. The van der Waals surface area contributed by atoms with E-state index in [2.05, 4.69) is 55.9 Å². The average Bonchev–Trinajstić information content (AvgIpc) is 2.85. The van der Waals surface area contributed by atoms with Gasteiger partial charge in [0.15, 0.2) is 4.67 Å². The number of hydrogen-bond donors (Lipinski definition) is 1. The van der Waals surface area contributed by atoms with E-state index in [1.807, 2.05) is 19.2 Å². The van der Waals surface area contributed by atoms with Crippen LogP contribution in [-0.4, -0.2) is 7.05 Å². The van der Waals surface area contributed by atoms with Crippen LogP contribution in [0.15, 0.2) is 21.2 Å². The van der Waals surface area contributed by atoms with Crippen molar-refractivity contribution in [2.24, 2.45) is 0 Å². The van der Waals surface area contributed by atoms with Crippen molar-refractivity contribution in [1.29, 1.82) is 0 Å². The third-order valence-corrected chi connectivity index (χ3v) is 4.94. The Morgan fingerprint density at radius 3 is 1.80 bits per heavy atom. The molecular formula is C17H22BrNO. The van der Waals surface area contributed by atoms with Crippen LogP contribution in [0.3, 0.4) is 0 Å². The molecule has 1 N–H and O–H groups in total. The highest BCUT2D eigenvalue weighted by molar-refractivity contribution is 9.10. The molecule has 3 heteroatoms. The van der Waals surface area contributed by atoms with Crippen molar-refractivity contribution < 1.29 is 4.42 Å². The fourth-order valence-electron chi connectivity index (χ4n) is 2.87. The quantitative estimate of drug-likeness (QED) is 0.863. The van der Waals surface area contributed by atoms with Crippen molar-refractivity contribution >= 4 is 15.9 Å². The molecule has 0 aliphatic rings. The van der Waals surface area contributed by atoms with Crippen molar-refractivity contribution in [3.63, 3.8) is 0 Å². The van der Waals surface area contributed by atoms with Crippen LogP contribution in [0.25, 0.3) is 0 Å². The zero-order valence-corrected chi connectivity index (χ0v) is 14.6. The van der Waals surface area contributed by atoms with E-state index in [4.69, 9.17) is 4.42 Å². The fourth-order valence-corrected chi connectivity index (χ4v) is 3.19. The first kappa shape index (κ1) is 15.3. The average molecular weight is 336 g/mol. The fraction of sp³-hybridized carbons (Fsp3) is 0.412. The number of hydrogen-bond acceptors (Lipinski definition) is 2. The molecule has 1 atom stereocenters. The van der Waals surface area contributed by atoms with E-state index >= 15 is 0 Å². The standard InChI is InChI=1S/C17H22BrNO/c1-9-10(2)12(4)16(13(5)11(9)3)17(19-6)14-7-8-15(18)20-14/h7-8,17,19H,1-6H3. The van der Waals surface area contributed by atoms with Crippen LogP contribution < -0.4 is 5.32 Å². The van der Waals surface area contributed by atoms with Crippen LogP contribution in [0.1, 0.15) is 45.2 Å². The number of nitrogens with one attached hydrogen (secondary N) is 1. The molecule has 0 bridgehead atoms. The number of benzene rings is 1. The van der Waals surface area contributed by atoms with Gasteiger partial charge in [-0.2, -0.15) is 0 Å². The van der Waals surface area contributed by atoms with Gasteiger partial charge in [-0.25, -0.2) is 0 Å². The monoisotopic (exact) mass is 335 g/mol. The maximum atomic E-state index is 5.77. The molecule has 1 aromatic carbocycles. The van der Waals surface area contributed by atoms with Gasteiger partial charge in [0.2, 0.25) is 0 Å². The van der Waals surface area contributed by atoms with Gasteiger partial charge in [-0.1, -0.05) is 0 Å². The Morgan fingerprint density at radius 1 is 0.900 bits per heavy atom. The normalized spacial score (nSPS) is 12.8. The summed E-state index contributed by atoms with van der Waals surface area (Å²) in [5.74, 6) is 0.938. The minimum Gasteiger partial charge on any atom is -0.452 e. The zero-order chi connectivity index (χ0) is 15.0. The van der Waals surface area contributed by atoms with E-state index < -0.39 is 0 Å². The highest BCUT2D eigenvalue weighted by Gasteiger charge is 2.23. The molecule has 108 valence electrons. The second-order valence-corrected chi connectivity index (χ2v) is 6.18. The first-order chi connectivity index (χ1) is 9.38. The third kappa shape index (κ3) is 2.45.